The molecule has 0 saturated heterocycles. The second-order valence-corrected chi connectivity index (χ2v) is 5.26. The summed E-state index contributed by atoms with van der Waals surface area (Å²) < 4.78 is 36.9. The highest BCUT2D eigenvalue weighted by Gasteiger charge is 2.45. The maximum absolute atomic E-state index is 12.3. The predicted molar refractivity (Wildman–Crippen MR) is 51.4 cm³/mol. The largest absolute Gasteiger partial charge is 0.443 e. The summed E-state index contributed by atoms with van der Waals surface area (Å²) in [4.78, 5) is 3.89. The third-order valence-electron chi connectivity index (χ3n) is 2.86. The fourth-order valence-corrected chi connectivity index (χ4v) is 2.37. The normalized spacial score (nSPS) is 21.4. The number of rotatable bonds is 2. The summed E-state index contributed by atoms with van der Waals surface area (Å²) in [6.45, 7) is 1.99. The Bertz CT molecular complexity index is 368. The Morgan fingerprint density at radius 2 is 2.13 bits per heavy atom. The number of thiazole rings is 1. The summed E-state index contributed by atoms with van der Waals surface area (Å²) >= 11 is 0.654. The molecule has 1 heterocycles. The van der Waals surface area contributed by atoms with Crippen LogP contribution < -0.4 is 5.73 Å². The molecule has 0 radical (unpaired) electrons. The van der Waals surface area contributed by atoms with Crippen molar-refractivity contribution in [2.75, 3.05) is 0 Å². The van der Waals surface area contributed by atoms with Gasteiger partial charge < -0.3 is 5.73 Å². The lowest BCUT2D eigenvalue weighted by atomic mass is 9.99. The first-order chi connectivity index (χ1) is 6.83. The fraction of sp³-hybridized carbons (Fsp3) is 0.667. The van der Waals surface area contributed by atoms with Crippen molar-refractivity contribution in [3.05, 3.63) is 16.1 Å². The van der Waals surface area contributed by atoms with Gasteiger partial charge in [-0.3, -0.25) is 0 Å². The standard InChI is InChI=1S/C9H11F3N2S/c1-8(2-3-8)6(13)5-4-14-7(15-5)9(10,11)12/h4,6H,2-3,13H2,1H3. The van der Waals surface area contributed by atoms with E-state index >= 15 is 0 Å². The number of nitrogens with two attached hydrogens (primary N) is 1. The maximum Gasteiger partial charge on any atom is 0.443 e. The molecule has 6 heteroatoms. The molecule has 84 valence electrons. The van der Waals surface area contributed by atoms with Crippen molar-refractivity contribution < 1.29 is 13.2 Å². The highest BCUT2D eigenvalue weighted by atomic mass is 32.1. The molecule has 15 heavy (non-hydrogen) atoms. The van der Waals surface area contributed by atoms with Crippen LogP contribution in [0.4, 0.5) is 13.2 Å². The molecule has 1 atom stereocenters. The Hall–Kier alpha value is -0.620. The van der Waals surface area contributed by atoms with Gasteiger partial charge >= 0.3 is 6.18 Å². The van der Waals surface area contributed by atoms with E-state index in [2.05, 4.69) is 4.98 Å². The van der Waals surface area contributed by atoms with E-state index < -0.39 is 11.2 Å². The molecule has 1 aromatic heterocycles. The Kier molecular flexibility index (Phi) is 2.31. The van der Waals surface area contributed by atoms with Crippen LogP contribution in [0.2, 0.25) is 0 Å². The first-order valence-corrected chi connectivity index (χ1v) is 5.43. The van der Waals surface area contributed by atoms with Crippen molar-refractivity contribution in [3.8, 4) is 0 Å². The van der Waals surface area contributed by atoms with Gasteiger partial charge in [0.2, 0.25) is 0 Å². The fourth-order valence-electron chi connectivity index (χ4n) is 1.41. The number of nitrogens with zero attached hydrogens (tertiary/aromatic N) is 1. The molecule has 2 rings (SSSR count). The van der Waals surface area contributed by atoms with Gasteiger partial charge in [-0.05, 0) is 18.3 Å². The molecule has 0 aromatic carbocycles. The van der Waals surface area contributed by atoms with Crippen LogP contribution in [-0.4, -0.2) is 4.98 Å². The average molecular weight is 236 g/mol. The van der Waals surface area contributed by atoms with Crippen molar-refractivity contribution in [1.29, 1.82) is 0 Å². The van der Waals surface area contributed by atoms with E-state index in [1.165, 1.54) is 6.20 Å². The molecule has 2 N–H and O–H groups in total. The summed E-state index contributed by atoms with van der Waals surface area (Å²) in [7, 11) is 0. The molecule has 1 unspecified atom stereocenters. The lowest BCUT2D eigenvalue weighted by molar-refractivity contribution is -0.137. The van der Waals surface area contributed by atoms with Gasteiger partial charge in [-0.1, -0.05) is 6.92 Å². The van der Waals surface area contributed by atoms with E-state index in [1.54, 1.807) is 0 Å². The van der Waals surface area contributed by atoms with Gasteiger partial charge in [-0.15, -0.1) is 11.3 Å². The van der Waals surface area contributed by atoms with Crippen LogP contribution in [0.25, 0.3) is 0 Å². The molecule has 0 bridgehead atoms. The Morgan fingerprint density at radius 3 is 2.53 bits per heavy atom. The average Bonchev–Trinajstić information content (AvgIpc) is 2.68. The summed E-state index contributed by atoms with van der Waals surface area (Å²) in [6, 6.07) is -0.314. The second kappa shape index (κ2) is 3.18. The van der Waals surface area contributed by atoms with Gasteiger partial charge in [0.1, 0.15) is 0 Å². The third-order valence-corrected chi connectivity index (χ3v) is 3.99. The lowest BCUT2D eigenvalue weighted by Gasteiger charge is -2.15. The Balaban J connectivity index is 2.20. The maximum atomic E-state index is 12.3. The first kappa shape index (κ1) is 10.9. The minimum Gasteiger partial charge on any atom is -0.323 e. The van der Waals surface area contributed by atoms with Crippen LogP contribution in [0, 0.1) is 5.41 Å². The van der Waals surface area contributed by atoms with Crippen molar-refractivity contribution in [2.45, 2.75) is 32.0 Å². The van der Waals surface area contributed by atoms with E-state index in [1.807, 2.05) is 6.92 Å². The van der Waals surface area contributed by atoms with Gasteiger partial charge in [0.15, 0.2) is 5.01 Å². The highest BCUT2D eigenvalue weighted by molar-refractivity contribution is 7.11. The summed E-state index contributed by atoms with van der Waals surface area (Å²) in [5, 5.41) is -0.808. The van der Waals surface area contributed by atoms with Gasteiger partial charge in [0.25, 0.3) is 0 Å². The predicted octanol–water partition coefficient (Wildman–Crippen LogP) is 2.96. The number of halogens is 3. The number of alkyl halides is 3. The zero-order valence-electron chi connectivity index (χ0n) is 8.14. The van der Waals surface area contributed by atoms with E-state index in [0.717, 1.165) is 12.8 Å². The summed E-state index contributed by atoms with van der Waals surface area (Å²) in [5.41, 5.74) is 5.88. The van der Waals surface area contributed by atoms with Gasteiger partial charge in [0, 0.05) is 17.1 Å². The smallest absolute Gasteiger partial charge is 0.323 e. The summed E-state index contributed by atoms with van der Waals surface area (Å²) in [5.74, 6) is 0. The lowest BCUT2D eigenvalue weighted by Crippen LogP contribution is -2.18. The molecule has 1 aromatic rings. The van der Waals surface area contributed by atoms with E-state index in [0.29, 0.717) is 16.2 Å². The molecule has 0 aliphatic heterocycles. The Labute approximate surface area is 89.3 Å². The Morgan fingerprint density at radius 1 is 1.53 bits per heavy atom. The van der Waals surface area contributed by atoms with Crippen LogP contribution in [0.1, 0.15) is 35.7 Å². The quantitative estimate of drug-likeness (QED) is 0.857. The minimum absolute atomic E-state index is 0.0185. The van der Waals surface area contributed by atoms with Crippen molar-refractivity contribution >= 4 is 11.3 Å². The zero-order valence-corrected chi connectivity index (χ0v) is 8.95. The zero-order chi connectivity index (χ0) is 11.3. The summed E-state index contributed by atoms with van der Waals surface area (Å²) in [6.07, 6.45) is -1.14. The molecule has 1 aliphatic rings. The first-order valence-electron chi connectivity index (χ1n) is 4.61. The monoisotopic (exact) mass is 236 g/mol. The minimum atomic E-state index is -4.35. The molecule has 1 aliphatic carbocycles. The van der Waals surface area contributed by atoms with Crippen LogP contribution in [-0.2, 0) is 6.18 Å². The van der Waals surface area contributed by atoms with E-state index in [9.17, 15) is 13.2 Å². The van der Waals surface area contributed by atoms with Gasteiger partial charge in [-0.2, -0.15) is 13.2 Å². The SMILES string of the molecule is CC1(C(N)c2cnc(C(F)(F)F)s2)CC1. The van der Waals surface area contributed by atoms with Crippen LogP contribution in [0.3, 0.4) is 0 Å². The highest BCUT2D eigenvalue weighted by Crippen LogP contribution is 2.54. The molecule has 1 saturated carbocycles. The molecular weight excluding hydrogens is 225 g/mol. The van der Waals surface area contributed by atoms with Crippen LogP contribution >= 0.6 is 11.3 Å². The topological polar surface area (TPSA) is 38.9 Å². The molecule has 2 nitrogen and oxygen atoms in total. The van der Waals surface area contributed by atoms with Gasteiger partial charge in [0.05, 0.1) is 0 Å². The third kappa shape index (κ3) is 2.01. The molecule has 1 fully saturated rings. The van der Waals surface area contributed by atoms with E-state index in [4.69, 9.17) is 5.73 Å². The van der Waals surface area contributed by atoms with Crippen LogP contribution in [0.15, 0.2) is 6.20 Å². The molecule has 0 spiro atoms. The van der Waals surface area contributed by atoms with Crippen molar-refractivity contribution in [3.63, 3.8) is 0 Å². The van der Waals surface area contributed by atoms with Crippen molar-refractivity contribution in [1.82, 2.24) is 4.98 Å². The number of aromatic nitrogens is 1. The van der Waals surface area contributed by atoms with Gasteiger partial charge in [-0.25, -0.2) is 4.98 Å². The number of hydrogen-bond donors (Lipinski definition) is 1. The molecular formula is C9H11F3N2S. The van der Waals surface area contributed by atoms with Crippen LogP contribution in [0.5, 0.6) is 0 Å². The second-order valence-electron chi connectivity index (χ2n) is 4.20. The number of hydrogen-bond acceptors (Lipinski definition) is 3. The van der Waals surface area contributed by atoms with Crippen molar-refractivity contribution in [2.24, 2.45) is 11.1 Å². The van der Waals surface area contributed by atoms with E-state index in [-0.39, 0.29) is 11.5 Å². The molecule has 0 amide bonds.